The van der Waals surface area contributed by atoms with Crippen LogP contribution >= 0.6 is 12.2 Å². The summed E-state index contributed by atoms with van der Waals surface area (Å²) in [7, 11) is 1.52. The van der Waals surface area contributed by atoms with Gasteiger partial charge in [0.15, 0.2) is 16.6 Å². The Morgan fingerprint density at radius 2 is 1.39 bits per heavy atom. The van der Waals surface area contributed by atoms with Gasteiger partial charge in [-0.25, -0.2) is 0 Å². The number of methoxy groups -OCH3 is 1. The third-order valence-corrected chi connectivity index (χ3v) is 6.13. The number of phenolic OH excluding ortho intramolecular Hbond substituents is 1. The fourth-order valence-corrected chi connectivity index (χ4v) is 4.02. The number of thiocarbonyl (C=S) groups is 1. The lowest BCUT2D eigenvalue weighted by atomic mass is 10.0. The Morgan fingerprint density at radius 3 is 1.88 bits per heavy atom. The summed E-state index contributed by atoms with van der Waals surface area (Å²) in [6, 6.07) is 5.11. The molecular weight excluding hydrogens is 430 g/mol. The van der Waals surface area contributed by atoms with Crippen LogP contribution in [0.1, 0.15) is 115 Å². The number of hydrogen-bond donors (Lipinski definition) is 3. The lowest BCUT2D eigenvalue weighted by Gasteiger charge is -2.07. The predicted molar refractivity (Wildman–Crippen MR) is 146 cm³/mol. The van der Waals surface area contributed by atoms with Crippen LogP contribution in [0.3, 0.4) is 0 Å². The van der Waals surface area contributed by atoms with Crippen molar-refractivity contribution in [2.75, 3.05) is 13.7 Å². The molecule has 6 heteroatoms. The van der Waals surface area contributed by atoms with E-state index in [1.165, 1.54) is 103 Å². The monoisotopic (exact) mass is 477 g/mol. The minimum atomic E-state index is 0.0886. The molecule has 0 aliphatic rings. The molecule has 0 aliphatic heterocycles. The van der Waals surface area contributed by atoms with Crippen LogP contribution in [0.5, 0.6) is 11.5 Å². The first-order chi connectivity index (χ1) is 16.2. The number of aromatic hydroxyl groups is 1. The highest BCUT2D eigenvalue weighted by Gasteiger charge is 2.01. The van der Waals surface area contributed by atoms with Crippen LogP contribution in [-0.2, 0) is 0 Å². The summed E-state index contributed by atoms with van der Waals surface area (Å²) < 4.78 is 5.03. The van der Waals surface area contributed by atoms with E-state index in [9.17, 15) is 5.11 Å². The molecule has 1 rings (SSSR count). The summed E-state index contributed by atoms with van der Waals surface area (Å²) >= 11 is 5.24. The van der Waals surface area contributed by atoms with Crippen LogP contribution < -0.4 is 15.5 Å². The molecule has 0 saturated heterocycles. The standard InChI is InChI=1S/C27H47N3O2S/c1-3-4-5-6-7-8-9-10-11-12-13-14-15-16-17-18-21-28-27(33)30-29-23-24-19-20-26(32-2)25(31)22-24/h19-20,22-23,31H,3-18,21H2,1-2H3,(H2,28,30,33)/b29-23+. The number of nitrogens with one attached hydrogen (secondary N) is 2. The van der Waals surface area contributed by atoms with E-state index in [1.807, 2.05) is 6.07 Å². The largest absolute Gasteiger partial charge is 0.504 e. The number of benzene rings is 1. The van der Waals surface area contributed by atoms with Crippen molar-refractivity contribution in [2.45, 2.75) is 110 Å². The molecule has 1 aromatic rings. The third-order valence-electron chi connectivity index (χ3n) is 5.90. The molecule has 188 valence electrons. The van der Waals surface area contributed by atoms with E-state index in [2.05, 4.69) is 22.8 Å². The van der Waals surface area contributed by atoms with Gasteiger partial charge in [-0.2, -0.15) is 5.10 Å². The zero-order chi connectivity index (χ0) is 24.0. The molecule has 0 atom stereocenters. The smallest absolute Gasteiger partial charge is 0.186 e. The van der Waals surface area contributed by atoms with Gasteiger partial charge in [-0.15, -0.1) is 0 Å². The highest BCUT2D eigenvalue weighted by Crippen LogP contribution is 2.25. The van der Waals surface area contributed by atoms with Gasteiger partial charge in [0.05, 0.1) is 13.3 Å². The van der Waals surface area contributed by atoms with Crippen LogP contribution in [0.2, 0.25) is 0 Å². The topological polar surface area (TPSA) is 65.9 Å². The maximum absolute atomic E-state index is 9.77. The number of phenols is 1. The Labute approximate surface area is 207 Å². The SMILES string of the molecule is CCCCCCCCCCCCCCCCCCNC(=S)N/N=C/c1ccc(OC)c(O)c1. The van der Waals surface area contributed by atoms with Gasteiger partial charge < -0.3 is 15.2 Å². The molecule has 0 aliphatic carbocycles. The second kappa shape index (κ2) is 20.8. The molecule has 0 radical (unpaired) electrons. The third kappa shape index (κ3) is 16.4. The fraction of sp³-hybridized carbons (Fsp3) is 0.704. The first-order valence-corrected chi connectivity index (χ1v) is 13.5. The fourth-order valence-electron chi connectivity index (χ4n) is 3.87. The van der Waals surface area contributed by atoms with Crippen LogP contribution in [0.4, 0.5) is 0 Å². The summed E-state index contributed by atoms with van der Waals surface area (Å²) in [5, 5.41) is 17.6. The zero-order valence-corrected chi connectivity index (χ0v) is 21.9. The second-order valence-corrected chi connectivity index (χ2v) is 9.27. The molecule has 3 N–H and O–H groups in total. The van der Waals surface area contributed by atoms with Crippen molar-refractivity contribution in [3.05, 3.63) is 23.8 Å². The summed E-state index contributed by atoms with van der Waals surface area (Å²) in [5.74, 6) is 0.529. The summed E-state index contributed by atoms with van der Waals surface area (Å²) in [6.45, 7) is 3.15. The Hall–Kier alpha value is -1.82. The molecule has 5 nitrogen and oxygen atoms in total. The molecule has 0 aromatic heterocycles. The minimum absolute atomic E-state index is 0.0886. The van der Waals surface area contributed by atoms with E-state index in [0.717, 1.165) is 18.5 Å². The molecular formula is C27H47N3O2S. The Balaban J connectivity index is 1.87. The van der Waals surface area contributed by atoms with Gasteiger partial charge in [0.1, 0.15) is 0 Å². The van der Waals surface area contributed by atoms with Crippen LogP contribution in [0, 0.1) is 0 Å². The molecule has 0 bridgehead atoms. The molecule has 0 heterocycles. The van der Waals surface area contributed by atoms with Gasteiger partial charge in [-0.1, -0.05) is 103 Å². The predicted octanol–water partition coefficient (Wildman–Crippen LogP) is 7.46. The van der Waals surface area contributed by atoms with Gasteiger partial charge in [0, 0.05) is 6.54 Å². The normalized spacial score (nSPS) is 11.1. The molecule has 0 unspecified atom stereocenters. The second-order valence-electron chi connectivity index (χ2n) is 8.86. The van der Waals surface area contributed by atoms with Gasteiger partial charge >= 0.3 is 0 Å². The summed E-state index contributed by atoms with van der Waals surface area (Å²) in [6.07, 6.45) is 23.6. The van der Waals surface area contributed by atoms with Crippen molar-refractivity contribution >= 4 is 23.5 Å². The van der Waals surface area contributed by atoms with E-state index in [1.54, 1.807) is 18.3 Å². The van der Waals surface area contributed by atoms with Gasteiger partial charge in [-0.3, -0.25) is 5.43 Å². The number of ether oxygens (including phenoxy) is 1. The van der Waals surface area contributed by atoms with E-state index in [-0.39, 0.29) is 5.75 Å². The molecule has 1 aromatic carbocycles. The molecule has 0 amide bonds. The first-order valence-electron chi connectivity index (χ1n) is 13.1. The van der Waals surface area contributed by atoms with Crippen molar-refractivity contribution in [2.24, 2.45) is 5.10 Å². The van der Waals surface area contributed by atoms with E-state index in [0.29, 0.717) is 10.9 Å². The quantitative estimate of drug-likeness (QED) is 0.0787. The van der Waals surface area contributed by atoms with Gasteiger partial charge in [-0.05, 0) is 42.4 Å². The zero-order valence-electron chi connectivity index (χ0n) is 21.0. The van der Waals surface area contributed by atoms with Crippen LogP contribution in [-0.4, -0.2) is 30.1 Å². The maximum atomic E-state index is 9.77. The number of rotatable bonds is 20. The van der Waals surface area contributed by atoms with Gasteiger partial charge in [0.25, 0.3) is 0 Å². The van der Waals surface area contributed by atoms with Crippen molar-refractivity contribution < 1.29 is 9.84 Å². The number of unbranched alkanes of at least 4 members (excludes halogenated alkanes) is 15. The van der Waals surface area contributed by atoms with Crippen molar-refractivity contribution in [1.29, 1.82) is 0 Å². The highest BCUT2D eigenvalue weighted by molar-refractivity contribution is 7.80. The summed E-state index contributed by atoms with van der Waals surface area (Å²) in [4.78, 5) is 0. The van der Waals surface area contributed by atoms with E-state index >= 15 is 0 Å². The average Bonchev–Trinajstić information content (AvgIpc) is 2.81. The highest BCUT2D eigenvalue weighted by atomic mass is 32.1. The molecule has 0 saturated carbocycles. The maximum Gasteiger partial charge on any atom is 0.186 e. The Kier molecular flexibility index (Phi) is 18.4. The van der Waals surface area contributed by atoms with E-state index in [4.69, 9.17) is 17.0 Å². The molecule has 0 spiro atoms. The van der Waals surface area contributed by atoms with Crippen molar-refractivity contribution in [3.63, 3.8) is 0 Å². The lowest BCUT2D eigenvalue weighted by Crippen LogP contribution is -2.32. The Morgan fingerprint density at radius 1 is 0.879 bits per heavy atom. The number of hydrazone groups is 1. The average molecular weight is 478 g/mol. The van der Waals surface area contributed by atoms with Gasteiger partial charge in [0.2, 0.25) is 0 Å². The van der Waals surface area contributed by atoms with Crippen LogP contribution in [0.25, 0.3) is 0 Å². The first kappa shape index (κ1) is 29.2. The van der Waals surface area contributed by atoms with E-state index < -0.39 is 0 Å². The number of nitrogens with zero attached hydrogens (tertiary/aromatic N) is 1. The van der Waals surface area contributed by atoms with Crippen LogP contribution in [0.15, 0.2) is 23.3 Å². The molecule has 33 heavy (non-hydrogen) atoms. The van der Waals surface area contributed by atoms with Crippen molar-refractivity contribution in [3.8, 4) is 11.5 Å². The summed E-state index contributed by atoms with van der Waals surface area (Å²) in [5.41, 5.74) is 3.58. The Bertz CT molecular complexity index is 652. The lowest BCUT2D eigenvalue weighted by molar-refractivity contribution is 0.373. The number of hydrogen-bond acceptors (Lipinski definition) is 4. The van der Waals surface area contributed by atoms with Crippen molar-refractivity contribution in [1.82, 2.24) is 10.7 Å². The molecule has 0 fully saturated rings. The minimum Gasteiger partial charge on any atom is -0.504 e.